The molecule has 2 unspecified atom stereocenters. The normalized spacial score (nSPS) is 32.3. The zero-order chi connectivity index (χ0) is 14.4. The van der Waals surface area contributed by atoms with Crippen molar-refractivity contribution in [2.75, 3.05) is 13.1 Å². The SMILES string of the molecule is CC(C)(C)C(=O)N1CC2CCCC(C1)C2C(F)(F)F. The minimum atomic E-state index is -4.12. The molecule has 0 aromatic rings. The summed E-state index contributed by atoms with van der Waals surface area (Å²) < 4.78 is 39.4. The third-order valence-electron chi connectivity index (χ3n) is 4.38. The molecule has 0 spiro atoms. The second-order valence-electron chi connectivity index (χ2n) is 6.98. The number of carbonyl (C=O) groups excluding carboxylic acids is 1. The molecule has 1 amide bonds. The number of halogens is 3. The number of nitrogens with zero attached hydrogens (tertiary/aromatic N) is 1. The van der Waals surface area contributed by atoms with Crippen LogP contribution in [0.5, 0.6) is 0 Å². The molecule has 1 saturated carbocycles. The lowest BCUT2D eigenvalue weighted by molar-refractivity contribution is -0.226. The van der Waals surface area contributed by atoms with Gasteiger partial charge in [-0.1, -0.05) is 27.2 Å². The molecule has 2 aliphatic rings. The molecule has 2 nitrogen and oxygen atoms in total. The topological polar surface area (TPSA) is 20.3 Å². The van der Waals surface area contributed by atoms with Crippen molar-refractivity contribution in [1.82, 2.24) is 4.90 Å². The molecule has 110 valence electrons. The second kappa shape index (κ2) is 4.67. The zero-order valence-electron chi connectivity index (χ0n) is 11.8. The second-order valence-corrected chi connectivity index (χ2v) is 6.98. The van der Waals surface area contributed by atoms with Gasteiger partial charge in [0.25, 0.3) is 0 Å². The average Bonchev–Trinajstić information content (AvgIpc) is 2.23. The van der Waals surface area contributed by atoms with Crippen LogP contribution in [-0.4, -0.2) is 30.1 Å². The molecule has 0 radical (unpaired) electrons. The molecule has 1 aliphatic heterocycles. The fourth-order valence-electron chi connectivity index (χ4n) is 3.61. The van der Waals surface area contributed by atoms with E-state index in [4.69, 9.17) is 0 Å². The first kappa shape index (κ1) is 14.7. The lowest BCUT2D eigenvalue weighted by Crippen LogP contribution is -2.56. The predicted octanol–water partition coefficient (Wildman–Crippen LogP) is 3.47. The van der Waals surface area contributed by atoms with Crippen LogP contribution >= 0.6 is 0 Å². The summed E-state index contributed by atoms with van der Waals surface area (Å²) in [5, 5.41) is 0. The number of piperidine rings is 1. The minimum Gasteiger partial charge on any atom is -0.342 e. The lowest BCUT2D eigenvalue weighted by atomic mass is 9.68. The summed E-state index contributed by atoms with van der Waals surface area (Å²) >= 11 is 0. The summed E-state index contributed by atoms with van der Waals surface area (Å²) in [6.07, 6.45) is -2.07. The highest BCUT2D eigenvalue weighted by atomic mass is 19.4. The summed E-state index contributed by atoms with van der Waals surface area (Å²) in [6, 6.07) is 0. The molecule has 0 aromatic carbocycles. The van der Waals surface area contributed by atoms with Gasteiger partial charge in [0, 0.05) is 18.5 Å². The van der Waals surface area contributed by atoms with Gasteiger partial charge in [-0.3, -0.25) is 4.79 Å². The van der Waals surface area contributed by atoms with E-state index in [1.165, 1.54) is 0 Å². The smallest absolute Gasteiger partial charge is 0.342 e. The van der Waals surface area contributed by atoms with E-state index in [0.717, 1.165) is 6.42 Å². The molecule has 19 heavy (non-hydrogen) atoms. The van der Waals surface area contributed by atoms with Crippen molar-refractivity contribution in [3.8, 4) is 0 Å². The molecule has 5 heteroatoms. The van der Waals surface area contributed by atoms with Crippen molar-refractivity contribution in [2.24, 2.45) is 23.2 Å². The first-order valence-electron chi connectivity index (χ1n) is 6.97. The van der Waals surface area contributed by atoms with Gasteiger partial charge >= 0.3 is 6.18 Å². The van der Waals surface area contributed by atoms with Crippen molar-refractivity contribution in [3.05, 3.63) is 0 Å². The van der Waals surface area contributed by atoms with Crippen LogP contribution in [0.15, 0.2) is 0 Å². The number of fused-ring (bicyclic) bond motifs is 2. The Bertz CT molecular complexity index is 345. The van der Waals surface area contributed by atoms with Crippen LogP contribution in [0.2, 0.25) is 0 Å². The molecule has 1 heterocycles. The highest BCUT2D eigenvalue weighted by Crippen LogP contribution is 2.48. The minimum absolute atomic E-state index is 0.0231. The van der Waals surface area contributed by atoms with E-state index in [1.807, 2.05) is 20.8 Å². The van der Waals surface area contributed by atoms with Crippen molar-refractivity contribution in [2.45, 2.75) is 46.2 Å². The first-order chi connectivity index (χ1) is 8.60. The number of rotatable bonds is 0. The van der Waals surface area contributed by atoms with Gasteiger partial charge in [-0.05, 0) is 24.7 Å². The van der Waals surface area contributed by atoms with E-state index >= 15 is 0 Å². The standard InChI is InChI=1S/C14H22F3NO/c1-13(2,3)12(19)18-7-9-5-4-6-10(8-18)11(9)14(15,16)17/h9-11H,4-8H2,1-3H3. The van der Waals surface area contributed by atoms with Crippen molar-refractivity contribution in [3.63, 3.8) is 0 Å². The summed E-state index contributed by atoms with van der Waals surface area (Å²) in [5.74, 6) is -2.03. The van der Waals surface area contributed by atoms with Gasteiger partial charge in [0.1, 0.15) is 0 Å². The van der Waals surface area contributed by atoms with Crippen LogP contribution in [0.1, 0.15) is 40.0 Å². The van der Waals surface area contributed by atoms with Gasteiger partial charge in [0.05, 0.1) is 5.92 Å². The molecule has 2 bridgehead atoms. The van der Waals surface area contributed by atoms with Gasteiger partial charge in [-0.2, -0.15) is 13.2 Å². The summed E-state index contributed by atoms with van der Waals surface area (Å²) in [5.41, 5.74) is -0.515. The maximum atomic E-state index is 13.1. The number of hydrogen-bond donors (Lipinski definition) is 0. The highest BCUT2D eigenvalue weighted by Gasteiger charge is 2.54. The summed E-state index contributed by atoms with van der Waals surface area (Å²) in [7, 11) is 0. The molecular weight excluding hydrogens is 255 g/mol. The molecule has 2 fully saturated rings. The molecule has 1 saturated heterocycles. The maximum Gasteiger partial charge on any atom is 0.392 e. The monoisotopic (exact) mass is 277 g/mol. The van der Waals surface area contributed by atoms with Crippen LogP contribution in [-0.2, 0) is 4.79 Å². The number of carbonyl (C=O) groups is 1. The Kier molecular flexibility index (Phi) is 3.60. The van der Waals surface area contributed by atoms with E-state index in [1.54, 1.807) is 4.90 Å². The van der Waals surface area contributed by atoms with Crippen molar-refractivity contribution < 1.29 is 18.0 Å². The summed E-state index contributed by atoms with van der Waals surface area (Å²) in [6.45, 7) is 6.01. The quantitative estimate of drug-likeness (QED) is 0.664. The molecule has 0 aromatic heterocycles. The average molecular weight is 277 g/mol. The third kappa shape index (κ3) is 2.90. The van der Waals surface area contributed by atoms with E-state index in [2.05, 4.69) is 0 Å². The van der Waals surface area contributed by atoms with E-state index in [-0.39, 0.29) is 19.0 Å². The van der Waals surface area contributed by atoms with E-state index in [0.29, 0.717) is 12.8 Å². The van der Waals surface area contributed by atoms with E-state index in [9.17, 15) is 18.0 Å². The number of likely N-dealkylation sites (tertiary alicyclic amines) is 1. The van der Waals surface area contributed by atoms with Crippen molar-refractivity contribution in [1.29, 1.82) is 0 Å². The predicted molar refractivity (Wildman–Crippen MR) is 66.4 cm³/mol. The van der Waals surface area contributed by atoms with Gasteiger partial charge < -0.3 is 4.90 Å². The van der Waals surface area contributed by atoms with Crippen LogP contribution in [0.25, 0.3) is 0 Å². The van der Waals surface area contributed by atoms with E-state index < -0.39 is 29.3 Å². The van der Waals surface area contributed by atoms with Crippen LogP contribution < -0.4 is 0 Å². The Morgan fingerprint density at radius 3 is 1.89 bits per heavy atom. The number of alkyl halides is 3. The first-order valence-corrected chi connectivity index (χ1v) is 6.97. The fourth-order valence-corrected chi connectivity index (χ4v) is 3.61. The Morgan fingerprint density at radius 2 is 1.53 bits per heavy atom. The summed E-state index contributed by atoms with van der Waals surface area (Å²) in [4.78, 5) is 13.9. The van der Waals surface area contributed by atoms with Gasteiger partial charge in [-0.15, -0.1) is 0 Å². The number of hydrogen-bond acceptors (Lipinski definition) is 1. The Balaban J connectivity index is 2.16. The molecule has 1 aliphatic carbocycles. The molecular formula is C14H22F3NO. The molecule has 0 N–H and O–H groups in total. The Morgan fingerprint density at radius 1 is 1.05 bits per heavy atom. The van der Waals surface area contributed by atoms with Gasteiger partial charge in [-0.25, -0.2) is 0 Å². The van der Waals surface area contributed by atoms with Gasteiger partial charge in [0.15, 0.2) is 0 Å². The van der Waals surface area contributed by atoms with Crippen LogP contribution in [0.3, 0.4) is 0 Å². The highest BCUT2D eigenvalue weighted by molar-refractivity contribution is 5.81. The van der Waals surface area contributed by atoms with Crippen LogP contribution in [0.4, 0.5) is 13.2 Å². The molecule has 2 atom stereocenters. The third-order valence-corrected chi connectivity index (χ3v) is 4.38. The van der Waals surface area contributed by atoms with Gasteiger partial charge in [0.2, 0.25) is 5.91 Å². The Labute approximate surface area is 112 Å². The van der Waals surface area contributed by atoms with Crippen molar-refractivity contribution >= 4 is 5.91 Å². The molecule has 2 rings (SSSR count). The number of amides is 1. The lowest BCUT2D eigenvalue weighted by Gasteiger charge is -2.48. The van der Waals surface area contributed by atoms with Crippen LogP contribution in [0, 0.1) is 23.2 Å². The Hall–Kier alpha value is -0.740. The largest absolute Gasteiger partial charge is 0.392 e. The zero-order valence-corrected chi connectivity index (χ0v) is 11.8. The fraction of sp³-hybridized carbons (Fsp3) is 0.929. The maximum absolute atomic E-state index is 13.1.